The van der Waals surface area contributed by atoms with E-state index in [0.29, 0.717) is 30.2 Å². The van der Waals surface area contributed by atoms with E-state index in [1.165, 1.54) is 29.3 Å². The van der Waals surface area contributed by atoms with E-state index in [0.717, 1.165) is 30.8 Å². The van der Waals surface area contributed by atoms with Crippen LogP contribution in [0, 0.1) is 0 Å². The van der Waals surface area contributed by atoms with Crippen LogP contribution in [-0.4, -0.2) is 33.0 Å². The number of nitrogens with two attached hydrogens (primary N) is 1. The topological polar surface area (TPSA) is 85.8 Å². The molecule has 2 aliphatic carbocycles. The first-order chi connectivity index (χ1) is 12.2. The Hall–Kier alpha value is -2.02. The first-order valence-electron chi connectivity index (χ1n) is 8.90. The van der Waals surface area contributed by atoms with Crippen LogP contribution in [0.15, 0.2) is 29.4 Å². The van der Waals surface area contributed by atoms with Gasteiger partial charge in [-0.1, -0.05) is 36.0 Å². The standard InChI is InChI=1S/C18H23N5OS/c19-17-21-22-18(23(17)14-8-9-14)25-11-16(24)20-10-13-6-3-5-12-4-1-2-7-15(12)13/h1-2,4,7,13-14H,3,5-6,8-11H2,(H2,19,21)(H,20,24)/t13-/m0/s1. The van der Waals surface area contributed by atoms with Gasteiger partial charge >= 0.3 is 0 Å². The van der Waals surface area contributed by atoms with Crippen LogP contribution in [0.25, 0.3) is 0 Å². The molecule has 0 radical (unpaired) electrons. The molecule has 1 amide bonds. The van der Waals surface area contributed by atoms with Gasteiger partial charge in [0.1, 0.15) is 0 Å². The number of nitrogens with one attached hydrogen (secondary N) is 1. The van der Waals surface area contributed by atoms with Crippen LogP contribution in [0.3, 0.4) is 0 Å². The van der Waals surface area contributed by atoms with Gasteiger partial charge in [0.05, 0.1) is 5.75 Å². The molecule has 2 aromatic rings. The monoisotopic (exact) mass is 357 g/mol. The molecular formula is C18H23N5OS. The molecule has 7 heteroatoms. The molecule has 1 heterocycles. The molecule has 25 heavy (non-hydrogen) atoms. The van der Waals surface area contributed by atoms with Crippen molar-refractivity contribution in [1.82, 2.24) is 20.1 Å². The molecule has 1 atom stereocenters. The smallest absolute Gasteiger partial charge is 0.230 e. The Morgan fingerprint density at radius 1 is 1.28 bits per heavy atom. The number of nitrogens with zero attached hydrogens (tertiary/aromatic N) is 3. The van der Waals surface area contributed by atoms with Gasteiger partial charge in [0.2, 0.25) is 11.9 Å². The number of hydrogen-bond acceptors (Lipinski definition) is 5. The van der Waals surface area contributed by atoms with E-state index in [-0.39, 0.29) is 5.91 Å². The van der Waals surface area contributed by atoms with E-state index < -0.39 is 0 Å². The molecule has 132 valence electrons. The molecule has 0 bridgehead atoms. The van der Waals surface area contributed by atoms with E-state index in [1.54, 1.807) is 0 Å². The van der Waals surface area contributed by atoms with Crippen molar-refractivity contribution in [3.63, 3.8) is 0 Å². The van der Waals surface area contributed by atoms with Crippen LogP contribution in [0.5, 0.6) is 0 Å². The fraction of sp³-hybridized carbons (Fsp3) is 0.500. The van der Waals surface area contributed by atoms with Gasteiger partial charge in [-0.15, -0.1) is 10.2 Å². The van der Waals surface area contributed by atoms with Gasteiger partial charge in [-0.05, 0) is 43.2 Å². The number of fused-ring (bicyclic) bond motifs is 1. The molecule has 0 unspecified atom stereocenters. The summed E-state index contributed by atoms with van der Waals surface area (Å²) in [6.45, 7) is 0.702. The highest BCUT2D eigenvalue weighted by molar-refractivity contribution is 7.99. The maximum Gasteiger partial charge on any atom is 0.230 e. The molecule has 0 aliphatic heterocycles. The number of thioether (sulfide) groups is 1. The predicted molar refractivity (Wildman–Crippen MR) is 98.6 cm³/mol. The summed E-state index contributed by atoms with van der Waals surface area (Å²) in [5.41, 5.74) is 8.68. The Labute approximate surface area is 151 Å². The highest BCUT2D eigenvalue weighted by atomic mass is 32.2. The Balaban J connectivity index is 1.30. The number of aromatic nitrogens is 3. The van der Waals surface area contributed by atoms with E-state index in [2.05, 4.69) is 39.8 Å². The van der Waals surface area contributed by atoms with Crippen LogP contribution in [0.2, 0.25) is 0 Å². The van der Waals surface area contributed by atoms with Gasteiger partial charge in [-0.3, -0.25) is 9.36 Å². The van der Waals surface area contributed by atoms with Crippen LogP contribution >= 0.6 is 11.8 Å². The molecule has 0 saturated heterocycles. The molecule has 1 fully saturated rings. The van der Waals surface area contributed by atoms with Crippen molar-refractivity contribution in [2.75, 3.05) is 18.0 Å². The number of hydrogen-bond donors (Lipinski definition) is 2. The maximum absolute atomic E-state index is 12.3. The summed E-state index contributed by atoms with van der Waals surface area (Å²) in [7, 11) is 0. The minimum atomic E-state index is 0.0389. The molecule has 1 aromatic carbocycles. The van der Waals surface area contributed by atoms with Gasteiger partial charge in [-0.2, -0.15) is 0 Å². The first kappa shape index (κ1) is 16.4. The number of amides is 1. The Morgan fingerprint density at radius 2 is 2.12 bits per heavy atom. The van der Waals surface area contributed by atoms with Gasteiger partial charge < -0.3 is 11.1 Å². The Morgan fingerprint density at radius 3 is 2.96 bits per heavy atom. The molecular weight excluding hydrogens is 334 g/mol. The summed E-state index contributed by atoms with van der Waals surface area (Å²) in [5.74, 6) is 1.25. The van der Waals surface area contributed by atoms with Crippen molar-refractivity contribution in [2.45, 2.75) is 49.2 Å². The van der Waals surface area contributed by atoms with E-state index >= 15 is 0 Å². The number of rotatable bonds is 6. The fourth-order valence-corrected chi connectivity index (χ4v) is 4.39. The summed E-state index contributed by atoms with van der Waals surface area (Å²) in [5, 5.41) is 11.9. The number of nitrogen functional groups attached to an aromatic ring is 1. The van der Waals surface area contributed by atoms with Gasteiger partial charge in [0, 0.05) is 18.5 Å². The lowest BCUT2D eigenvalue weighted by Crippen LogP contribution is -2.31. The largest absolute Gasteiger partial charge is 0.368 e. The quantitative estimate of drug-likeness (QED) is 0.776. The van der Waals surface area contributed by atoms with Crippen molar-refractivity contribution in [2.24, 2.45) is 0 Å². The minimum Gasteiger partial charge on any atom is -0.368 e. The summed E-state index contributed by atoms with van der Waals surface area (Å²) < 4.78 is 1.95. The third-order valence-corrected chi connectivity index (χ3v) is 5.92. The lowest BCUT2D eigenvalue weighted by molar-refractivity contribution is -0.118. The summed E-state index contributed by atoms with van der Waals surface area (Å²) in [6.07, 6.45) is 5.70. The maximum atomic E-state index is 12.3. The van der Waals surface area contributed by atoms with E-state index in [4.69, 9.17) is 5.73 Å². The van der Waals surface area contributed by atoms with Crippen molar-refractivity contribution in [3.8, 4) is 0 Å². The zero-order chi connectivity index (χ0) is 17.2. The molecule has 0 spiro atoms. The summed E-state index contributed by atoms with van der Waals surface area (Å²) >= 11 is 1.41. The molecule has 2 aliphatic rings. The van der Waals surface area contributed by atoms with Crippen molar-refractivity contribution in [1.29, 1.82) is 0 Å². The zero-order valence-electron chi connectivity index (χ0n) is 14.1. The lowest BCUT2D eigenvalue weighted by Gasteiger charge is -2.25. The van der Waals surface area contributed by atoms with Gasteiger partial charge in [-0.25, -0.2) is 0 Å². The summed E-state index contributed by atoms with van der Waals surface area (Å²) in [4.78, 5) is 12.3. The molecule has 1 saturated carbocycles. The van der Waals surface area contributed by atoms with E-state index in [9.17, 15) is 4.79 Å². The van der Waals surface area contributed by atoms with Crippen LogP contribution in [0.1, 0.15) is 48.8 Å². The highest BCUT2D eigenvalue weighted by Gasteiger charge is 2.29. The van der Waals surface area contributed by atoms with Crippen LogP contribution < -0.4 is 11.1 Å². The molecule has 6 nitrogen and oxygen atoms in total. The fourth-order valence-electron chi connectivity index (χ4n) is 3.55. The second kappa shape index (κ2) is 7.07. The van der Waals surface area contributed by atoms with Gasteiger partial charge in [0.15, 0.2) is 5.16 Å². The summed E-state index contributed by atoms with van der Waals surface area (Å²) in [6, 6.07) is 9.00. The highest BCUT2D eigenvalue weighted by Crippen LogP contribution is 2.39. The van der Waals surface area contributed by atoms with Crippen molar-refractivity contribution < 1.29 is 4.79 Å². The first-order valence-corrected chi connectivity index (χ1v) is 9.88. The number of carbonyl (C=O) groups is 1. The molecule has 3 N–H and O–H groups in total. The third kappa shape index (κ3) is 3.66. The van der Waals surface area contributed by atoms with Crippen molar-refractivity contribution >= 4 is 23.6 Å². The van der Waals surface area contributed by atoms with Crippen LogP contribution in [-0.2, 0) is 11.2 Å². The second-order valence-electron chi connectivity index (χ2n) is 6.82. The van der Waals surface area contributed by atoms with E-state index in [1.807, 2.05) is 4.57 Å². The third-order valence-electron chi connectivity index (χ3n) is 4.97. The number of carbonyl (C=O) groups excluding carboxylic acids is 1. The molecule has 1 aromatic heterocycles. The normalized spacial score (nSPS) is 19.4. The van der Waals surface area contributed by atoms with Crippen LogP contribution in [0.4, 0.5) is 5.95 Å². The predicted octanol–water partition coefficient (Wildman–Crippen LogP) is 2.52. The SMILES string of the molecule is Nc1nnc(SCC(=O)NC[C@@H]2CCCc3ccccc32)n1C1CC1. The second-order valence-corrected chi connectivity index (χ2v) is 7.77. The number of benzene rings is 1. The Bertz CT molecular complexity index is 771. The minimum absolute atomic E-state index is 0.0389. The van der Waals surface area contributed by atoms with Gasteiger partial charge in [0.25, 0.3) is 0 Å². The number of aryl methyl sites for hydroxylation is 1. The molecule has 4 rings (SSSR count). The number of anilines is 1. The zero-order valence-corrected chi connectivity index (χ0v) is 15.0. The average Bonchev–Trinajstić information content (AvgIpc) is 3.40. The average molecular weight is 357 g/mol. The lowest BCUT2D eigenvalue weighted by atomic mass is 9.83. The Kier molecular flexibility index (Phi) is 4.65. The van der Waals surface area contributed by atoms with Crippen molar-refractivity contribution in [3.05, 3.63) is 35.4 Å².